The molecule has 1 heteroatoms. The van der Waals surface area contributed by atoms with Crippen molar-refractivity contribution in [3.8, 4) is 0 Å². The van der Waals surface area contributed by atoms with Gasteiger partial charge in [0.1, 0.15) is 0 Å². The molecule has 0 aromatic heterocycles. The molecule has 4 saturated carbocycles. The van der Waals surface area contributed by atoms with Crippen molar-refractivity contribution in [1.29, 1.82) is 0 Å². The van der Waals surface area contributed by atoms with Crippen molar-refractivity contribution in [3.63, 3.8) is 0 Å². The first-order valence-electron chi connectivity index (χ1n) is 14.2. The number of rotatable bonds is 7. The molecular formula is C29H51Br. The van der Waals surface area contributed by atoms with Gasteiger partial charge in [-0.15, -0.1) is 0 Å². The van der Waals surface area contributed by atoms with Gasteiger partial charge in [0.25, 0.3) is 0 Å². The molecule has 0 bridgehead atoms. The molecule has 0 nitrogen and oxygen atoms in total. The molecular weight excluding hydrogens is 428 g/mol. The van der Waals surface area contributed by atoms with E-state index in [1.54, 1.807) is 0 Å². The quantitative estimate of drug-likeness (QED) is 0.318. The first-order valence-corrected chi connectivity index (χ1v) is 14.8. The summed E-state index contributed by atoms with van der Waals surface area (Å²) in [6, 6.07) is 0. The molecule has 0 radical (unpaired) electrons. The highest BCUT2D eigenvalue weighted by Gasteiger charge is 2.60. The van der Waals surface area contributed by atoms with Crippen LogP contribution in [0.5, 0.6) is 0 Å². The van der Waals surface area contributed by atoms with Gasteiger partial charge in [-0.2, -0.15) is 0 Å². The van der Waals surface area contributed by atoms with E-state index >= 15 is 0 Å². The number of hydrogen-bond acceptors (Lipinski definition) is 0. The maximum absolute atomic E-state index is 9.04. The Bertz CT molecular complexity index is 618. The Morgan fingerprint density at radius 1 is 0.900 bits per heavy atom. The van der Waals surface area contributed by atoms with Crippen LogP contribution in [0.1, 0.15) is 119 Å². The van der Waals surface area contributed by atoms with Gasteiger partial charge >= 0.3 is 0 Å². The number of hydrogen-bond donors (Lipinski definition) is 0. The number of alkyl halides is 1. The van der Waals surface area contributed by atoms with Crippen molar-refractivity contribution in [2.75, 3.05) is 5.33 Å². The first kappa shape index (κ1) is 22.3. The van der Waals surface area contributed by atoms with Gasteiger partial charge in [0.05, 0.1) is 0 Å². The average molecular weight is 481 g/mol. The smallest absolute Gasteiger partial charge is 0.0303 e. The van der Waals surface area contributed by atoms with Crippen LogP contribution in [0, 0.1) is 58.1 Å². The number of halogens is 1. The van der Waals surface area contributed by atoms with Gasteiger partial charge in [-0.1, -0.05) is 69.8 Å². The molecule has 30 heavy (non-hydrogen) atoms. The van der Waals surface area contributed by atoms with Gasteiger partial charge in [-0.25, -0.2) is 0 Å². The lowest BCUT2D eigenvalue weighted by atomic mass is 9.44. The van der Waals surface area contributed by atoms with Crippen LogP contribution in [-0.4, -0.2) is 5.33 Å². The highest BCUT2D eigenvalue weighted by atomic mass is 79.9. The Morgan fingerprint density at radius 3 is 2.37 bits per heavy atom. The predicted molar refractivity (Wildman–Crippen MR) is 135 cm³/mol. The fourth-order valence-corrected chi connectivity index (χ4v) is 10.1. The number of fused-ring (bicyclic) bond motifs is 5. The predicted octanol–water partition coefficient (Wildman–Crippen LogP) is 9.51. The molecule has 174 valence electrons. The average Bonchev–Trinajstić information content (AvgIpc) is 3.06. The Morgan fingerprint density at radius 2 is 1.63 bits per heavy atom. The minimum absolute atomic E-state index is 0.145. The zero-order chi connectivity index (χ0) is 22.4. The summed E-state index contributed by atoms with van der Waals surface area (Å²) in [4.78, 5) is 0. The van der Waals surface area contributed by atoms with E-state index < -0.39 is 0 Å². The fraction of sp³-hybridized carbons (Fsp3) is 1.00. The van der Waals surface area contributed by atoms with E-state index in [1.165, 1.54) is 70.6 Å². The SMILES string of the molecule is [2H]C1(CCBr)CC[C@@]2(C)[C@@H](CC[C@@H]3[C@@H]2CC[C@]2(C)[C@@H]([C@H](C)CCCC(C)C)CC[C@@H]32)C1. The second kappa shape index (κ2) is 9.38. The summed E-state index contributed by atoms with van der Waals surface area (Å²) in [5.41, 5.74) is 1.15. The van der Waals surface area contributed by atoms with Crippen molar-refractivity contribution >= 4 is 15.9 Å². The molecule has 0 spiro atoms. The van der Waals surface area contributed by atoms with Gasteiger partial charge in [0.2, 0.25) is 0 Å². The largest absolute Gasteiger partial charge is 0.0928 e. The van der Waals surface area contributed by atoms with E-state index in [1.807, 2.05) is 0 Å². The normalized spacial score (nSPS) is 49.8. The third-order valence-electron chi connectivity index (χ3n) is 11.3. The summed E-state index contributed by atoms with van der Waals surface area (Å²) in [6.45, 7) is 12.8. The summed E-state index contributed by atoms with van der Waals surface area (Å²) in [5, 5.41) is 1.00. The van der Waals surface area contributed by atoms with Crippen molar-refractivity contribution in [3.05, 3.63) is 0 Å². The van der Waals surface area contributed by atoms with Crippen LogP contribution in [0.4, 0.5) is 0 Å². The highest BCUT2D eigenvalue weighted by molar-refractivity contribution is 9.09. The topological polar surface area (TPSA) is 0 Å². The Labute approximate surface area is 198 Å². The third-order valence-corrected chi connectivity index (χ3v) is 11.7. The van der Waals surface area contributed by atoms with Gasteiger partial charge in [0.15, 0.2) is 0 Å². The van der Waals surface area contributed by atoms with Crippen LogP contribution in [0.15, 0.2) is 0 Å². The van der Waals surface area contributed by atoms with E-state index in [0.29, 0.717) is 10.8 Å². The van der Waals surface area contributed by atoms with Crippen LogP contribution in [-0.2, 0) is 0 Å². The van der Waals surface area contributed by atoms with E-state index in [2.05, 4.69) is 50.5 Å². The van der Waals surface area contributed by atoms with E-state index in [0.717, 1.165) is 59.6 Å². The van der Waals surface area contributed by atoms with Crippen LogP contribution in [0.25, 0.3) is 0 Å². The molecule has 4 rings (SSSR count). The second-order valence-corrected chi connectivity index (χ2v) is 13.9. The van der Waals surface area contributed by atoms with Crippen molar-refractivity contribution < 1.29 is 1.37 Å². The molecule has 4 fully saturated rings. The zero-order valence-electron chi connectivity index (χ0n) is 21.8. The Balaban J connectivity index is 1.45. The molecule has 0 heterocycles. The fourth-order valence-electron chi connectivity index (χ4n) is 9.54. The summed E-state index contributed by atoms with van der Waals surface area (Å²) in [5.74, 6) is 6.35. The highest BCUT2D eigenvalue weighted by Crippen LogP contribution is 2.68. The lowest BCUT2D eigenvalue weighted by Crippen LogP contribution is -2.53. The monoisotopic (exact) mass is 479 g/mol. The minimum Gasteiger partial charge on any atom is -0.0928 e. The van der Waals surface area contributed by atoms with Crippen LogP contribution in [0.3, 0.4) is 0 Å². The summed E-state index contributed by atoms with van der Waals surface area (Å²) >= 11 is 3.63. The minimum atomic E-state index is -0.145. The van der Waals surface area contributed by atoms with E-state index in [9.17, 15) is 0 Å². The van der Waals surface area contributed by atoms with E-state index in [-0.39, 0.29) is 5.89 Å². The molecule has 0 aromatic carbocycles. The molecule has 0 saturated heterocycles. The molecule has 4 aliphatic carbocycles. The molecule has 9 atom stereocenters. The lowest BCUT2D eigenvalue weighted by molar-refractivity contribution is -0.121. The Kier molecular flexibility index (Phi) is 6.97. The first-order chi connectivity index (χ1) is 14.6. The van der Waals surface area contributed by atoms with Crippen molar-refractivity contribution in [2.24, 2.45) is 58.1 Å². The van der Waals surface area contributed by atoms with Gasteiger partial charge in [-0.05, 0) is 122 Å². The van der Waals surface area contributed by atoms with Crippen LogP contribution >= 0.6 is 15.9 Å². The standard InChI is InChI=1S/C29H51Br/c1-20(2)7-6-8-21(3)25-11-12-26-24-10-9-23-19-22(15-18-30)13-16-28(23,4)27(24)14-17-29(25,26)5/h20-27H,6-19H2,1-5H3/t21-,22?,23+,24+,25-,26+,27+,28+,29-/m1/s1/i22D. The summed E-state index contributed by atoms with van der Waals surface area (Å²) in [7, 11) is 0. The molecule has 0 aliphatic heterocycles. The zero-order valence-corrected chi connectivity index (χ0v) is 22.4. The lowest BCUT2D eigenvalue weighted by Gasteiger charge is -2.61. The maximum atomic E-state index is 9.04. The van der Waals surface area contributed by atoms with Crippen LogP contribution in [0.2, 0.25) is 0 Å². The van der Waals surface area contributed by atoms with Crippen LogP contribution < -0.4 is 0 Å². The maximum Gasteiger partial charge on any atom is 0.0303 e. The van der Waals surface area contributed by atoms with Crippen molar-refractivity contribution in [1.82, 2.24) is 0 Å². The Hall–Kier alpha value is 0.480. The van der Waals surface area contributed by atoms with Gasteiger partial charge < -0.3 is 0 Å². The molecule has 1 unspecified atom stereocenters. The molecule has 4 aliphatic rings. The molecule has 0 amide bonds. The summed E-state index contributed by atoms with van der Waals surface area (Å²) in [6.07, 6.45) is 17.9. The molecule has 0 aromatic rings. The van der Waals surface area contributed by atoms with Crippen molar-refractivity contribution in [2.45, 2.75) is 118 Å². The van der Waals surface area contributed by atoms with Gasteiger partial charge in [-0.3, -0.25) is 0 Å². The van der Waals surface area contributed by atoms with Gasteiger partial charge in [0, 0.05) is 6.70 Å². The molecule has 0 N–H and O–H groups in total. The summed E-state index contributed by atoms with van der Waals surface area (Å²) < 4.78 is 9.04. The third kappa shape index (κ3) is 4.21. The second-order valence-electron chi connectivity index (χ2n) is 13.1. The van der Waals surface area contributed by atoms with E-state index in [4.69, 9.17) is 1.37 Å².